The van der Waals surface area contributed by atoms with Crippen molar-refractivity contribution in [3.63, 3.8) is 0 Å². The quantitative estimate of drug-likeness (QED) is 0.203. The highest BCUT2D eigenvalue weighted by atomic mass is 16.6. The number of esters is 1. The Morgan fingerprint density at radius 3 is 2.50 bits per heavy atom. The maximum absolute atomic E-state index is 11.7. The van der Waals surface area contributed by atoms with Crippen LogP contribution in [0.1, 0.15) is 20.3 Å². The Bertz CT molecular complexity index is 562. The molecule has 0 fully saturated rings. The zero-order valence-corrected chi connectivity index (χ0v) is 12.4. The summed E-state index contributed by atoms with van der Waals surface area (Å²) in [6, 6.07) is 0. The van der Waals surface area contributed by atoms with Gasteiger partial charge >= 0.3 is 5.97 Å². The molecule has 0 saturated carbocycles. The summed E-state index contributed by atoms with van der Waals surface area (Å²) >= 11 is 0. The van der Waals surface area contributed by atoms with Gasteiger partial charge in [0.2, 0.25) is 11.6 Å². The number of rotatable bonds is 7. The van der Waals surface area contributed by atoms with E-state index >= 15 is 0 Å². The average molecular weight is 310 g/mol. The van der Waals surface area contributed by atoms with Gasteiger partial charge in [0.15, 0.2) is 0 Å². The number of carbonyl (C=O) groups excluding carboxylic acids is 3. The molecule has 0 aromatic heterocycles. The van der Waals surface area contributed by atoms with Crippen LogP contribution in [0.25, 0.3) is 0 Å². The Hall–Kier alpha value is -2.77. The number of hydrogen-bond donors (Lipinski definition) is 3. The molecule has 0 amide bonds. The van der Waals surface area contributed by atoms with Gasteiger partial charge in [-0.3, -0.25) is 20.4 Å². The van der Waals surface area contributed by atoms with Gasteiger partial charge in [0.25, 0.3) is 11.6 Å². The molecule has 0 spiro atoms. The first-order valence-corrected chi connectivity index (χ1v) is 6.64. The van der Waals surface area contributed by atoms with E-state index in [1.165, 1.54) is 6.08 Å². The molecule has 8 nitrogen and oxygen atoms in total. The van der Waals surface area contributed by atoms with Gasteiger partial charge in [0, 0.05) is 5.57 Å². The molecule has 0 aromatic carbocycles. The first kappa shape index (κ1) is 17.3. The third kappa shape index (κ3) is 4.11. The molecular formula is C14H18N2O6. The lowest BCUT2D eigenvalue weighted by Crippen LogP contribution is -2.39. The summed E-state index contributed by atoms with van der Waals surface area (Å²) in [5.74, 6) is -3.53. The van der Waals surface area contributed by atoms with Crippen molar-refractivity contribution >= 4 is 17.5 Å². The standard InChI is InChI=1S/C14H18N2O6/c1-4-21-13(12(19)14(20)22-5-2)16-15-9-7-6-8(3)10(17)11(9)18/h7,15-16,19H,3-6H2,1-2H3. The van der Waals surface area contributed by atoms with Crippen LogP contribution in [-0.4, -0.2) is 35.9 Å². The highest BCUT2D eigenvalue weighted by Crippen LogP contribution is 2.13. The highest BCUT2D eigenvalue weighted by molar-refractivity contribution is 6.49. The number of aliphatic hydroxyl groups excluding tert-OH is 1. The van der Waals surface area contributed by atoms with Crippen molar-refractivity contribution in [2.24, 2.45) is 0 Å². The molecule has 0 aromatic rings. The molecule has 1 rings (SSSR count). The molecule has 0 atom stereocenters. The SMILES string of the molecule is C=C1CC=C(NNC(OCC)=C(O)C(=O)OCC)C(=O)C1=O. The minimum atomic E-state index is -0.978. The van der Waals surface area contributed by atoms with Crippen LogP contribution in [0.15, 0.2) is 35.6 Å². The van der Waals surface area contributed by atoms with Crippen LogP contribution in [-0.2, 0) is 23.9 Å². The number of Topliss-reactive ketones (excluding diaryl/α,β-unsaturated/α-hetero) is 2. The topological polar surface area (TPSA) is 114 Å². The van der Waals surface area contributed by atoms with Crippen molar-refractivity contribution in [3.05, 3.63) is 35.6 Å². The number of aliphatic hydroxyl groups is 1. The summed E-state index contributed by atoms with van der Waals surface area (Å²) < 4.78 is 9.69. The lowest BCUT2D eigenvalue weighted by atomic mass is 9.98. The number of ketones is 2. The minimum Gasteiger partial charge on any atom is -0.498 e. The van der Waals surface area contributed by atoms with Gasteiger partial charge in [0.1, 0.15) is 5.70 Å². The van der Waals surface area contributed by atoms with E-state index in [-0.39, 0.29) is 36.8 Å². The fourth-order valence-corrected chi connectivity index (χ4v) is 1.53. The predicted molar refractivity (Wildman–Crippen MR) is 76.0 cm³/mol. The van der Waals surface area contributed by atoms with Gasteiger partial charge in [-0.2, -0.15) is 0 Å². The maximum Gasteiger partial charge on any atom is 0.379 e. The Labute approximate surface area is 127 Å². The zero-order chi connectivity index (χ0) is 16.7. The van der Waals surface area contributed by atoms with E-state index in [0.717, 1.165) is 0 Å². The minimum absolute atomic E-state index is 0.0220. The molecule has 0 radical (unpaired) electrons. The second-order valence-corrected chi connectivity index (χ2v) is 4.16. The number of allylic oxidation sites excluding steroid dienone is 3. The first-order valence-electron chi connectivity index (χ1n) is 6.64. The van der Waals surface area contributed by atoms with Crippen LogP contribution in [0, 0.1) is 0 Å². The van der Waals surface area contributed by atoms with E-state index in [1.54, 1.807) is 13.8 Å². The maximum atomic E-state index is 11.7. The number of carbonyl (C=O) groups is 3. The second kappa shape index (κ2) is 7.87. The molecule has 8 heteroatoms. The number of nitrogens with one attached hydrogen (secondary N) is 2. The molecule has 0 saturated heterocycles. The van der Waals surface area contributed by atoms with Gasteiger partial charge in [-0.05, 0) is 20.3 Å². The average Bonchev–Trinajstić information content (AvgIpc) is 2.50. The number of hydrogen-bond acceptors (Lipinski definition) is 8. The third-order valence-corrected chi connectivity index (χ3v) is 2.61. The van der Waals surface area contributed by atoms with Crippen LogP contribution >= 0.6 is 0 Å². The third-order valence-electron chi connectivity index (χ3n) is 2.61. The van der Waals surface area contributed by atoms with Crippen molar-refractivity contribution in [2.75, 3.05) is 13.2 Å². The molecule has 1 aliphatic rings. The summed E-state index contributed by atoms with van der Waals surface area (Å²) in [4.78, 5) is 34.7. The fraction of sp³-hybridized carbons (Fsp3) is 0.357. The summed E-state index contributed by atoms with van der Waals surface area (Å²) in [7, 11) is 0. The van der Waals surface area contributed by atoms with Crippen molar-refractivity contribution in [1.29, 1.82) is 0 Å². The summed E-state index contributed by atoms with van der Waals surface area (Å²) in [6.45, 7) is 6.93. The van der Waals surface area contributed by atoms with Crippen LogP contribution in [0.4, 0.5) is 0 Å². The molecule has 0 aliphatic heterocycles. The molecule has 22 heavy (non-hydrogen) atoms. The van der Waals surface area contributed by atoms with Crippen LogP contribution in [0.2, 0.25) is 0 Å². The van der Waals surface area contributed by atoms with Crippen LogP contribution in [0.3, 0.4) is 0 Å². The predicted octanol–water partition coefficient (Wildman–Crippen LogP) is 0.389. The lowest BCUT2D eigenvalue weighted by Gasteiger charge is -2.18. The largest absolute Gasteiger partial charge is 0.498 e. The second-order valence-electron chi connectivity index (χ2n) is 4.16. The van der Waals surface area contributed by atoms with Crippen molar-refractivity contribution in [1.82, 2.24) is 10.9 Å². The fourth-order valence-electron chi connectivity index (χ4n) is 1.53. The van der Waals surface area contributed by atoms with E-state index in [0.29, 0.717) is 0 Å². The van der Waals surface area contributed by atoms with Gasteiger partial charge in [-0.25, -0.2) is 4.79 Å². The lowest BCUT2D eigenvalue weighted by molar-refractivity contribution is -0.142. The summed E-state index contributed by atoms with van der Waals surface area (Å²) in [5.41, 5.74) is 4.99. The molecule has 0 heterocycles. The molecule has 0 bridgehead atoms. The first-order chi connectivity index (χ1) is 10.4. The Morgan fingerprint density at radius 1 is 1.27 bits per heavy atom. The highest BCUT2D eigenvalue weighted by Gasteiger charge is 2.26. The van der Waals surface area contributed by atoms with Gasteiger partial charge in [-0.1, -0.05) is 12.7 Å². The van der Waals surface area contributed by atoms with E-state index in [1.807, 2.05) is 0 Å². The molecule has 3 N–H and O–H groups in total. The van der Waals surface area contributed by atoms with Crippen molar-refractivity contribution in [2.45, 2.75) is 20.3 Å². The molecule has 120 valence electrons. The van der Waals surface area contributed by atoms with Crippen LogP contribution < -0.4 is 10.9 Å². The van der Waals surface area contributed by atoms with Gasteiger partial charge in [0.05, 0.1) is 13.2 Å². The Morgan fingerprint density at radius 2 is 1.91 bits per heavy atom. The van der Waals surface area contributed by atoms with Crippen LogP contribution in [0.5, 0.6) is 0 Å². The van der Waals surface area contributed by atoms with Gasteiger partial charge in [-0.15, -0.1) is 0 Å². The molecular weight excluding hydrogens is 292 g/mol. The Balaban J connectivity index is 2.83. The summed E-state index contributed by atoms with van der Waals surface area (Å²) in [5, 5.41) is 9.72. The van der Waals surface area contributed by atoms with E-state index < -0.39 is 23.3 Å². The smallest absolute Gasteiger partial charge is 0.379 e. The normalized spacial score (nSPS) is 15.7. The van der Waals surface area contributed by atoms with Gasteiger partial charge < -0.3 is 14.6 Å². The molecule has 0 unspecified atom stereocenters. The number of ether oxygens (including phenoxy) is 2. The van der Waals surface area contributed by atoms with E-state index in [2.05, 4.69) is 22.2 Å². The van der Waals surface area contributed by atoms with E-state index in [9.17, 15) is 19.5 Å². The van der Waals surface area contributed by atoms with Crippen molar-refractivity contribution < 1.29 is 29.0 Å². The summed E-state index contributed by atoms with van der Waals surface area (Å²) in [6.07, 6.45) is 1.69. The Kier molecular flexibility index (Phi) is 6.18. The molecule has 1 aliphatic carbocycles. The van der Waals surface area contributed by atoms with E-state index in [4.69, 9.17) is 4.74 Å². The zero-order valence-electron chi connectivity index (χ0n) is 12.4. The number of hydrazine groups is 1. The monoisotopic (exact) mass is 310 g/mol. The van der Waals surface area contributed by atoms with Crippen molar-refractivity contribution in [3.8, 4) is 0 Å².